The van der Waals surface area contributed by atoms with E-state index in [1.54, 1.807) is 18.4 Å². The molecule has 2 rings (SSSR count). The van der Waals surface area contributed by atoms with Crippen LogP contribution in [0.1, 0.15) is 18.3 Å². The van der Waals surface area contributed by atoms with Gasteiger partial charge in [-0.1, -0.05) is 0 Å². The molecule has 1 aromatic rings. The van der Waals surface area contributed by atoms with E-state index in [0.717, 1.165) is 0 Å². The fourth-order valence-corrected chi connectivity index (χ4v) is 1.55. The van der Waals surface area contributed by atoms with Gasteiger partial charge in [-0.25, -0.2) is 0 Å². The molecule has 2 N–H and O–H groups in total. The number of aliphatic hydroxyl groups excluding tert-OH is 2. The Morgan fingerprint density at radius 2 is 2.38 bits per heavy atom. The topological polar surface area (TPSA) is 62.8 Å². The Morgan fingerprint density at radius 3 is 2.92 bits per heavy atom. The van der Waals surface area contributed by atoms with Gasteiger partial charge in [-0.2, -0.15) is 0 Å². The Labute approximate surface area is 75.7 Å². The van der Waals surface area contributed by atoms with Gasteiger partial charge in [0, 0.05) is 6.42 Å². The van der Waals surface area contributed by atoms with Gasteiger partial charge in [0.05, 0.1) is 19.0 Å². The lowest BCUT2D eigenvalue weighted by Gasteiger charge is -2.09. The molecule has 1 saturated heterocycles. The summed E-state index contributed by atoms with van der Waals surface area (Å²) in [5.74, 6) is 0.704. The molecule has 1 aromatic heterocycles. The molecule has 2 heterocycles. The molecule has 1 aliphatic rings. The highest BCUT2D eigenvalue weighted by Crippen LogP contribution is 2.32. The highest BCUT2D eigenvalue weighted by Gasteiger charge is 2.35. The Bertz CT molecular complexity index is 257. The van der Waals surface area contributed by atoms with Crippen LogP contribution in [0.5, 0.6) is 0 Å². The van der Waals surface area contributed by atoms with Crippen molar-refractivity contribution in [3.05, 3.63) is 24.2 Å². The van der Waals surface area contributed by atoms with Crippen molar-refractivity contribution in [2.75, 3.05) is 6.61 Å². The van der Waals surface area contributed by atoms with Crippen LogP contribution < -0.4 is 0 Å². The van der Waals surface area contributed by atoms with Gasteiger partial charge >= 0.3 is 0 Å². The van der Waals surface area contributed by atoms with Crippen LogP contribution in [0.15, 0.2) is 22.8 Å². The van der Waals surface area contributed by atoms with E-state index in [2.05, 4.69) is 0 Å². The van der Waals surface area contributed by atoms with Gasteiger partial charge in [0.1, 0.15) is 18.0 Å². The Balaban J connectivity index is 2.05. The zero-order valence-electron chi connectivity index (χ0n) is 7.09. The summed E-state index contributed by atoms with van der Waals surface area (Å²) in [6.45, 7) is -0.154. The largest absolute Gasteiger partial charge is 0.467 e. The number of aliphatic hydroxyl groups is 2. The van der Waals surface area contributed by atoms with E-state index in [9.17, 15) is 5.11 Å². The predicted octanol–water partition coefficient (Wildman–Crippen LogP) is 0.463. The number of hydrogen-bond acceptors (Lipinski definition) is 4. The maximum Gasteiger partial charge on any atom is 0.132 e. The first-order valence-corrected chi connectivity index (χ1v) is 4.29. The standard InChI is InChI=1S/C9H12O4/c10-5-9-6(11)4-8(13-9)7-2-1-3-12-7/h1-3,6,8-11H,4-5H2/t6-,8-,9+/m0/s1. The van der Waals surface area contributed by atoms with Crippen molar-refractivity contribution < 1.29 is 19.4 Å². The maximum absolute atomic E-state index is 9.43. The van der Waals surface area contributed by atoms with E-state index in [4.69, 9.17) is 14.3 Å². The second-order valence-corrected chi connectivity index (χ2v) is 3.16. The number of rotatable bonds is 2. The predicted molar refractivity (Wildman–Crippen MR) is 44.0 cm³/mol. The quantitative estimate of drug-likeness (QED) is 0.701. The van der Waals surface area contributed by atoms with Crippen molar-refractivity contribution in [2.24, 2.45) is 0 Å². The van der Waals surface area contributed by atoms with Gasteiger partial charge in [-0.15, -0.1) is 0 Å². The molecule has 4 nitrogen and oxygen atoms in total. The minimum Gasteiger partial charge on any atom is -0.467 e. The van der Waals surface area contributed by atoms with Gasteiger partial charge in [-0.05, 0) is 12.1 Å². The van der Waals surface area contributed by atoms with E-state index in [0.29, 0.717) is 12.2 Å². The van der Waals surface area contributed by atoms with Crippen LogP contribution in [-0.2, 0) is 4.74 Å². The molecule has 4 heteroatoms. The van der Waals surface area contributed by atoms with Crippen molar-refractivity contribution >= 4 is 0 Å². The van der Waals surface area contributed by atoms with Crippen LogP contribution in [-0.4, -0.2) is 29.0 Å². The Hall–Kier alpha value is -0.840. The van der Waals surface area contributed by atoms with E-state index < -0.39 is 12.2 Å². The molecule has 0 bridgehead atoms. The first-order chi connectivity index (χ1) is 6.31. The molecule has 0 amide bonds. The summed E-state index contributed by atoms with van der Waals surface area (Å²) in [5.41, 5.74) is 0. The van der Waals surface area contributed by atoms with E-state index >= 15 is 0 Å². The maximum atomic E-state index is 9.43. The molecule has 0 unspecified atom stereocenters. The molecular weight excluding hydrogens is 172 g/mol. The van der Waals surface area contributed by atoms with E-state index in [1.165, 1.54) is 0 Å². The normalized spacial score (nSPS) is 33.8. The summed E-state index contributed by atoms with van der Waals surface area (Å²) in [6.07, 6.45) is 0.758. The van der Waals surface area contributed by atoms with Crippen LogP contribution in [0.4, 0.5) is 0 Å². The van der Waals surface area contributed by atoms with Gasteiger partial charge in [0.15, 0.2) is 0 Å². The SMILES string of the molecule is OC[C@H]1O[C@H](c2ccco2)C[C@@H]1O. The lowest BCUT2D eigenvalue weighted by atomic mass is 10.1. The van der Waals surface area contributed by atoms with Crippen molar-refractivity contribution in [3.8, 4) is 0 Å². The molecule has 0 saturated carbocycles. The summed E-state index contributed by atoms with van der Waals surface area (Å²) in [5, 5.41) is 18.3. The molecule has 0 aliphatic carbocycles. The highest BCUT2D eigenvalue weighted by atomic mass is 16.5. The fraction of sp³-hybridized carbons (Fsp3) is 0.556. The molecule has 1 aliphatic heterocycles. The smallest absolute Gasteiger partial charge is 0.132 e. The van der Waals surface area contributed by atoms with Crippen molar-refractivity contribution in [2.45, 2.75) is 24.7 Å². The first-order valence-electron chi connectivity index (χ1n) is 4.29. The summed E-state index contributed by atoms with van der Waals surface area (Å²) in [4.78, 5) is 0. The zero-order valence-corrected chi connectivity index (χ0v) is 7.09. The van der Waals surface area contributed by atoms with Crippen LogP contribution >= 0.6 is 0 Å². The molecule has 0 spiro atoms. The van der Waals surface area contributed by atoms with Gasteiger partial charge in [0.2, 0.25) is 0 Å². The van der Waals surface area contributed by atoms with Gasteiger partial charge in [-0.3, -0.25) is 0 Å². The summed E-state index contributed by atoms with van der Waals surface area (Å²) in [6, 6.07) is 3.58. The average molecular weight is 184 g/mol. The van der Waals surface area contributed by atoms with Crippen LogP contribution in [0.2, 0.25) is 0 Å². The minimum absolute atomic E-state index is 0.154. The monoisotopic (exact) mass is 184 g/mol. The lowest BCUT2D eigenvalue weighted by Crippen LogP contribution is -2.24. The minimum atomic E-state index is -0.597. The van der Waals surface area contributed by atoms with Crippen molar-refractivity contribution in [3.63, 3.8) is 0 Å². The van der Waals surface area contributed by atoms with Crippen LogP contribution in [0, 0.1) is 0 Å². The van der Waals surface area contributed by atoms with Crippen molar-refractivity contribution in [1.29, 1.82) is 0 Å². The number of hydrogen-bond donors (Lipinski definition) is 2. The average Bonchev–Trinajstić information content (AvgIpc) is 2.71. The second kappa shape index (κ2) is 3.49. The number of ether oxygens (including phenoxy) is 1. The summed E-state index contributed by atoms with van der Waals surface area (Å²) >= 11 is 0. The van der Waals surface area contributed by atoms with Crippen LogP contribution in [0.3, 0.4) is 0 Å². The Morgan fingerprint density at radius 1 is 1.54 bits per heavy atom. The highest BCUT2D eigenvalue weighted by molar-refractivity contribution is 5.05. The third kappa shape index (κ3) is 1.60. The molecular formula is C9H12O4. The summed E-state index contributed by atoms with van der Waals surface area (Å²) < 4.78 is 10.5. The molecule has 1 fully saturated rings. The first kappa shape index (κ1) is 8.74. The molecule has 13 heavy (non-hydrogen) atoms. The third-order valence-corrected chi connectivity index (χ3v) is 2.26. The van der Waals surface area contributed by atoms with Crippen molar-refractivity contribution in [1.82, 2.24) is 0 Å². The Kier molecular flexibility index (Phi) is 2.35. The van der Waals surface area contributed by atoms with E-state index in [1.807, 2.05) is 0 Å². The summed E-state index contributed by atoms with van der Waals surface area (Å²) in [7, 11) is 0. The number of furan rings is 1. The molecule has 72 valence electrons. The zero-order chi connectivity index (χ0) is 9.26. The lowest BCUT2D eigenvalue weighted by molar-refractivity contribution is -0.0276. The van der Waals surface area contributed by atoms with Gasteiger partial charge < -0.3 is 19.4 Å². The fourth-order valence-electron chi connectivity index (χ4n) is 1.55. The van der Waals surface area contributed by atoms with Gasteiger partial charge in [0.25, 0.3) is 0 Å². The van der Waals surface area contributed by atoms with E-state index in [-0.39, 0.29) is 12.7 Å². The molecule has 3 atom stereocenters. The second-order valence-electron chi connectivity index (χ2n) is 3.16. The molecule has 0 aromatic carbocycles. The van der Waals surface area contributed by atoms with Crippen LogP contribution in [0.25, 0.3) is 0 Å². The third-order valence-electron chi connectivity index (χ3n) is 2.26. The molecule has 0 radical (unpaired) electrons.